The zero-order valence-corrected chi connectivity index (χ0v) is 13.7. The summed E-state index contributed by atoms with van der Waals surface area (Å²) in [6.45, 7) is 0.0702. The van der Waals surface area contributed by atoms with Crippen LogP contribution in [-0.4, -0.2) is 36.0 Å². The van der Waals surface area contributed by atoms with Crippen LogP contribution in [0.15, 0.2) is 54.7 Å². The SMILES string of the molecule is O=C1CC(S(=O)(=O)Cl)CN1C(c1ccccc1)c1ccccn1. The van der Waals surface area contributed by atoms with Gasteiger partial charge < -0.3 is 4.90 Å². The number of carbonyl (C=O) groups excluding carboxylic acids is 1. The van der Waals surface area contributed by atoms with Gasteiger partial charge in [-0.1, -0.05) is 36.4 Å². The third-order valence-electron chi connectivity index (χ3n) is 3.92. The Hall–Kier alpha value is -1.92. The maximum absolute atomic E-state index is 12.4. The second-order valence-corrected chi connectivity index (χ2v) is 8.32. The van der Waals surface area contributed by atoms with Gasteiger partial charge in [0.05, 0.1) is 11.7 Å². The summed E-state index contributed by atoms with van der Waals surface area (Å²) < 4.78 is 23.2. The number of aromatic nitrogens is 1. The molecule has 0 radical (unpaired) electrons. The van der Waals surface area contributed by atoms with Crippen LogP contribution in [0.3, 0.4) is 0 Å². The molecule has 23 heavy (non-hydrogen) atoms. The summed E-state index contributed by atoms with van der Waals surface area (Å²) in [5, 5.41) is -0.883. The summed E-state index contributed by atoms with van der Waals surface area (Å²) in [4.78, 5) is 18.3. The number of benzene rings is 1. The lowest BCUT2D eigenvalue weighted by molar-refractivity contribution is -0.129. The molecule has 0 saturated carbocycles. The predicted molar refractivity (Wildman–Crippen MR) is 87.4 cm³/mol. The van der Waals surface area contributed by atoms with Gasteiger partial charge in [0.25, 0.3) is 0 Å². The van der Waals surface area contributed by atoms with Crippen LogP contribution in [0.2, 0.25) is 0 Å². The number of rotatable bonds is 4. The Morgan fingerprint density at radius 1 is 1.13 bits per heavy atom. The summed E-state index contributed by atoms with van der Waals surface area (Å²) in [7, 11) is 1.67. The minimum atomic E-state index is -3.78. The monoisotopic (exact) mass is 350 g/mol. The minimum Gasteiger partial charge on any atom is -0.329 e. The highest BCUT2D eigenvalue weighted by Crippen LogP contribution is 2.33. The lowest BCUT2D eigenvalue weighted by Gasteiger charge is -2.28. The van der Waals surface area contributed by atoms with Gasteiger partial charge in [0.2, 0.25) is 15.0 Å². The Bertz CT molecular complexity index is 757. The smallest absolute Gasteiger partial charge is 0.237 e. The summed E-state index contributed by atoms with van der Waals surface area (Å²) >= 11 is 0. The van der Waals surface area contributed by atoms with E-state index in [0.29, 0.717) is 5.69 Å². The highest BCUT2D eigenvalue weighted by Gasteiger charge is 2.41. The summed E-state index contributed by atoms with van der Waals surface area (Å²) in [5.74, 6) is -0.237. The van der Waals surface area contributed by atoms with Gasteiger partial charge in [0.1, 0.15) is 5.25 Å². The molecule has 0 bridgehead atoms. The van der Waals surface area contributed by atoms with Crippen molar-refractivity contribution in [1.82, 2.24) is 9.88 Å². The first kappa shape index (κ1) is 16.0. The molecule has 5 nitrogen and oxygen atoms in total. The van der Waals surface area contributed by atoms with Gasteiger partial charge in [-0.2, -0.15) is 0 Å². The Morgan fingerprint density at radius 3 is 2.39 bits per heavy atom. The van der Waals surface area contributed by atoms with Crippen LogP contribution in [-0.2, 0) is 13.8 Å². The van der Waals surface area contributed by atoms with Crippen LogP contribution in [0.25, 0.3) is 0 Å². The molecule has 2 aromatic rings. The van der Waals surface area contributed by atoms with Crippen molar-refractivity contribution < 1.29 is 13.2 Å². The quantitative estimate of drug-likeness (QED) is 0.794. The Kier molecular flexibility index (Phi) is 4.37. The van der Waals surface area contributed by atoms with E-state index in [1.165, 1.54) is 0 Å². The standard InChI is InChI=1S/C16H15ClN2O3S/c17-23(21,22)13-10-15(20)19(11-13)16(12-6-2-1-3-7-12)14-8-4-5-9-18-14/h1-9,13,16H,10-11H2. The van der Waals surface area contributed by atoms with E-state index >= 15 is 0 Å². The van der Waals surface area contributed by atoms with Gasteiger partial charge >= 0.3 is 0 Å². The first-order valence-corrected chi connectivity index (χ1v) is 9.53. The molecule has 3 rings (SSSR count). The zero-order chi connectivity index (χ0) is 16.4. The largest absolute Gasteiger partial charge is 0.329 e. The molecule has 2 heterocycles. The van der Waals surface area contributed by atoms with Crippen molar-refractivity contribution in [1.29, 1.82) is 0 Å². The van der Waals surface area contributed by atoms with Gasteiger partial charge in [-0.05, 0) is 17.7 Å². The molecule has 7 heteroatoms. The van der Waals surface area contributed by atoms with E-state index in [-0.39, 0.29) is 18.9 Å². The number of nitrogens with zero attached hydrogens (tertiary/aromatic N) is 2. The molecule has 1 aromatic carbocycles. The molecule has 120 valence electrons. The Labute approximate surface area is 139 Å². The van der Waals surface area contributed by atoms with Crippen LogP contribution in [0, 0.1) is 0 Å². The van der Waals surface area contributed by atoms with Crippen molar-refractivity contribution in [3.63, 3.8) is 0 Å². The maximum atomic E-state index is 12.4. The summed E-state index contributed by atoms with van der Waals surface area (Å²) in [6.07, 6.45) is 1.56. The van der Waals surface area contributed by atoms with E-state index < -0.39 is 20.3 Å². The first-order chi connectivity index (χ1) is 11.0. The van der Waals surface area contributed by atoms with Gasteiger partial charge in [0, 0.05) is 29.8 Å². The number of hydrogen-bond acceptors (Lipinski definition) is 4. The molecule has 1 fully saturated rings. The van der Waals surface area contributed by atoms with Crippen molar-refractivity contribution in [3.8, 4) is 0 Å². The molecule has 1 aromatic heterocycles. The molecule has 0 spiro atoms. The van der Waals surface area contributed by atoms with Gasteiger partial charge in [-0.3, -0.25) is 9.78 Å². The van der Waals surface area contributed by atoms with Crippen LogP contribution in [0.1, 0.15) is 23.7 Å². The van der Waals surface area contributed by atoms with Crippen LogP contribution < -0.4 is 0 Å². The van der Waals surface area contributed by atoms with Crippen LogP contribution >= 0.6 is 10.7 Å². The number of pyridine rings is 1. The third kappa shape index (κ3) is 3.38. The summed E-state index contributed by atoms with van der Waals surface area (Å²) in [5.41, 5.74) is 1.58. The van der Waals surface area contributed by atoms with E-state index in [2.05, 4.69) is 4.98 Å². The average Bonchev–Trinajstić information content (AvgIpc) is 2.92. The number of halogens is 1. The van der Waals surface area contributed by atoms with E-state index in [9.17, 15) is 13.2 Å². The number of amides is 1. The topological polar surface area (TPSA) is 67.3 Å². The normalized spacial score (nSPS) is 19.8. The molecule has 1 saturated heterocycles. The molecular formula is C16H15ClN2O3S. The molecular weight excluding hydrogens is 336 g/mol. The minimum absolute atomic E-state index is 0.0702. The molecule has 1 amide bonds. The molecule has 0 N–H and O–H groups in total. The molecule has 1 aliphatic rings. The lowest BCUT2D eigenvalue weighted by Crippen LogP contribution is -2.32. The zero-order valence-electron chi connectivity index (χ0n) is 12.2. The van der Waals surface area contributed by atoms with Crippen molar-refractivity contribution in [2.45, 2.75) is 17.7 Å². The Morgan fingerprint density at radius 2 is 1.83 bits per heavy atom. The van der Waals surface area contributed by atoms with Crippen LogP contribution in [0.4, 0.5) is 0 Å². The molecule has 0 aliphatic carbocycles. The number of carbonyl (C=O) groups is 1. The average molecular weight is 351 g/mol. The van der Waals surface area contributed by atoms with E-state index in [4.69, 9.17) is 10.7 Å². The van der Waals surface area contributed by atoms with Gasteiger partial charge in [-0.25, -0.2) is 8.42 Å². The number of hydrogen-bond donors (Lipinski definition) is 0. The fourth-order valence-corrected chi connectivity index (χ4v) is 3.86. The molecule has 2 atom stereocenters. The molecule has 1 aliphatic heterocycles. The fourth-order valence-electron chi connectivity index (χ4n) is 2.82. The van der Waals surface area contributed by atoms with Crippen molar-refractivity contribution in [2.75, 3.05) is 6.54 Å². The van der Waals surface area contributed by atoms with Crippen molar-refractivity contribution >= 4 is 25.6 Å². The third-order valence-corrected chi connectivity index (χ3v) is 5.78. The van der Waals surface area contributed by atoms with Crippen molar-refractivity contribution in [3.05, 3.63) is 66.0 Å². The van der Waals surface area contributed by atoms with E-state index in [1.54, 1.807) is 17.2 Å². The van der Waals surface area contributed by atoms with Crippen molar-refractivity contribution in [2.24, 2.45) is 0 Å². The van der Waals surface area contributed by atoms with Gasteiger partial charge in [-0.15, -0.1) is 0 Å². The highest BCUT2D eigenvalue weighted by atomic mass is 35.7. The van der Waals surface area contributed by atoms with E-state index in [0.717, 1.165) is 5.56 Å². The molecule has 2 unspecified atom stereocenters. The lowest BCUT2D eigenvalue weighted by atomic mass is 10.0. The first-order valence-electron chi connectivity index (χ1n) is 7.15. The van der Waals surface area contributed by atoms with E-state index in [1.807, 2.05) is 42.5 Å². The maximum Gasteiger partial charge on any atom is 0.237 e. The fraction of sp³-hybridized carbons (Fsp3) is 0.250. The Balaban J connectivity index is 2.02. The second-order valence-electron chi connectivity index (χ2n) is 5.42. The predicted octanol–water partition coefficient (Wildman–Crippen LogP) is 2.34. The second kappa shape index (κ2) is 6.29. The van der Waals surface area contributed by atoms with Crippen LogP contribution in [0.5, 0.6) is 0 Å². The van der Waals surface area contributed by atoms with Gasteiger partial charge in [0.15, 0.2) is 0 Å². The summed E-state index contributed by atoms with van der Waals surface area (Å²) in [6, 6.07) is 14.5. The highest BCUT2D eigenvalue weighted by molar-refractivity contribution is 8.14. The number of likely N-dealkylation sites (tertiary alicyclic amines) is 1.